The first kappa shape index (κ1) is 15.2. The Hall–Kier alpha value is -2.67. The van der Waals surface area contributed by atoms with E-state index in [1.165, 1.54) is 17.4 Å². The SMILES string of the molecule is O=C(OCCc1ccccc1F)c1csc(-c2cnccn2)n1. The van der Waals surface area contributed by atoms with Crippen LogP contribution in [0.3, 0.4) is 0 Å². The van der Waals surface area contributed by atoms with Gasteiger partial charge in [0.15, 0.2) is 5.69 Å². The summed E-state index contributed by atoms with van der Waals surface area (Å²) in [7, 11) is 0. The molecule has 0 unspecified atom stereocenters. The Labute approximate surface area is 135 Å². The number of halogens is 1. The number of esters is 1. The summed E-state index contributed by atoms with van der Waals surface area (Å²) < 4.78 is 18.6. The van der Waals surface area contributed by atoms with E-state index in [1.54, 1.807) is 42.2 Å². The summed E-state index contributed by atoms with van der Waals surface area (Å²) in [6, 6.07) is 6.41. The van der Waals surface area contributed by atoms with Crippen LogP contribution in [-0.2, 0) is 11.2 Å². The number of carbonyl (C=O) groups excluding carboxylic acids is 1. The van der Waals surface area contributed by atoms with Gasteiger partial charge in [0, 0.05) is 24.2 Å². The fourth-order valence-corrected chi connectivity index (χ4v) is 2.67. The highest BCUT2D eigenvalue weighted by Crippen LogP contribution is 2.21. The van der Waals surface area contributed by atoms with Crippen LogP contribution in [0.15, 0.2) is 48.2 Å². The lowest BCUT2D eigenvalue weighted by atomic mass is 10.1. The molecule has 0 amide bonds. The number of hydrogen-bond donors (Lipinski definition) is 0. The molecule has 0 atom stereocenters. The molecule has 0 aliphatic rings. The minimum atomic E-state index is -0.535. The van der Waals surface area contributed by atoms with Crippen LogP contribution in [0, 0.1) is 5.82 Å². The lowest BCUT2D eigenvalue weighted by Crippen LogP contribution is -2.09. The van der Waals surface area contributed by atoms with E-state index in [1.807, 2.05) is 0 Å². The standard InChI is InChI=1S/C16H12FN3O2S/c17-12-4-2-1-3-11(12)5-8-22-16(21)14-10-23-15(20-14)13-9-18-6-7-19-13/h1-4,6-7,9-10H,5,8H2. The molecule has 3 rings (SSSR count). The van der Waals surface area contributed by atoms with Crippen LogP contribution < -0.4 is 0 Å². The molecule has 1 aromatic carbocycles. The third-order valence-corrected chi connectivity index (χ3v) is 3.92. The maximum absolute atomic E-state index is 13.5. The predicted molar refractivity (Wildman–Crippen MR) is 83.5 cm³/mol. The smallest absolute Gasteiger partial charge is 0.357 e. The fraction of sp³-hybridized carbons (Fsp3) is 0.125. The molecule has 0 saturated heterocycles. The molecule has 5 nitrogen and oxygen atoms in total. The second-order valence-electron chi connectivity index (χ2n) is 4.61. The molecule has 0 spiro atoms. The van der Waals surface area contributed by atoms with Crippen molar-refractivity contribution < 1.29 is 13.9 Å². The number of carbonyl (C=O) groups is 1. The highest BCUT2D eigenvalue weighted by Gasteiger charge is 2.14. The number of ether oxygens (including phenoxy) is 1. The van der Waals surface area contributed by atoms with E-state index in [2.05, 4.69) is 15.0 Å². The zero-order valence-corrected chi connectivity index (χ0v) is 12.8. The van der Waals surface area contributed by atoms with E-state index in [-0.39, 0.29) is 18.1 Å². The molecular formula is C16H12FN3O2S. The summed E-state index contributed by atoms with van der Waals surface area (Å²) >= 11 is 1.29. The Morgan fingerprint density at radius 2 is 2.13 bits per heavy atom. The van der Waals surface area contributed by atoms with Crippen LogP contribution in [0.5, 0.6) is 0 Å². The topological polar surface area (TPSA) is 65.0 Å². The maximum Gasteiger partial charge on any atom is 0.357 e. The normalized spacial score (nSPS) is 10.5. The molecule has 0 aliphatic heterocycles. The largest absolute Gasteiger partial charge is 0.461 e. The molecular weight excluding hydrogens is 317 g/mol. The number of rotatable bonds is 5. The van der Waals surface area contributed by atoms with Crippen molar-refractivity contribution in [2.24, 2.45) is 0 Å². The van der Waals surface area contributed by atoms with Gasteiger partial charge < -0.3 is 4.74 Å². The first-order chi connectivity index (χ1) is 11.2. The summed E-state index contributed by atoms with van der Waals surface area (Å²) in [5, 5.41) is 2.20. The third kappa shape index (κ3) is 3.75. The Morgan fingerprint density at radius 3 is 2.91 bits per heavy atom. The zero-order chi connectivity index (χ0) is 16.1. The van der Waals surface area contributed by atoms with Gasteiger partial charge in [0.1, 0.15) is 16.5 Å². The van der Waals surface area contributed by atoms with Crippen molar-refractivity contribution in [1.29, 1.82) is 0 Å². The lowest BCUT2D eigenvalue weighted by molar-refractivity contribution is 0.0502. The van der Waals surface area contributed by atoms with Crippen molar-refractivity contribution >= 4 is 17.3 Å². The summed E-state index contributed by atoms with van der Waals surface area (Å²) in [6.07, 6.45) is 5.02. The van der Waals surface area contributed by atoms with Crippen molar-refractivity contribution in [2.45, 2.75) is 6.42 Å². The molecule has 3 aromatic rings. The molecule has 116 valence electrons. The van der Waals surface area contributed by atoms with E-state index in [9.17, 15) is 9.18 Å². The van der Waals surface area contributed by atoms with Crippen LogP contribution in [-0.4, -0.2) is 27.5 Å². The summed E-state index contributed by atoms with van der Waals surface area (Å²) in [4.78, 5) is 24.2. The van der Waals surface area contributed by atoms with Gasteiger partial charge in [0.2, 0.25) is 0 Å². The molecule has 23 heavy (non-hydrogen) atoms. The van der Waals surface area contributed by atoms with Crippen LogP contribution in [0.2, 0.25) is 0 Å². The fourth-order valence-electron chi connectivity index (χ4n) is 1.92. The second kappa shape index (κ2) is 7.06. The molecule has 0 fully saturated rings. The number of hydrogen-bond acceptors (Lipinski definition) is 6. The molecule has 2 heterocycles. The second-order valence-corrected chi connectivity index (χ2v) is 5.46. The first-order valence-corrected chi connectivity index (χ1v) is 7.74. The molecule has 7 heteroatoms. The maximum atomic E-state index is 13.5. The average molecular weight is 329 g/mol. The van der Waals surface area contributed by atoms with Gasteiger partial charge >= 0.3 is 5.97 Å². The van der Waals surface area contributed by atoms with Gasteiger partial charge in [0.25, 0.3) is 0 Å². The Balaban J connectivity index is 1.59. The van der Waals surface area contributed by atoms with Crippen molar-refractivity contribution in [3.8, 4) is 10.7 Å². The molecule has 0 bridgehead atoms. The molecule has 0 saturated carbocycles. The molecule has 2 aromatic heterocycles. The number of benzene rings is 1. The zero-order valence-electron chi connectivity index (χ0n) is 12.0. The van der Waals surface area contributed by atoms with E-state index >= 15 is 0 Å². The van der Waals surface area contributed by atoms with E-state index in [0.717, 1.165) is 0 Å². The van der Waals surface area contributed by atoms with E-state index in [0.29, 0.717) is 22.7 Å². The highest BCUT2D eigenvalue weighted by atomic mass is 32.1. The molecule has 0 aliphatic carbocycles. The minimum absolute atomic E-state index is 0.0950. The van der Waals surface area contributed by atoms with Gasteiger partial charge in [-0.1, -0.05) is 18.2 Å². The quantitative estimate of drug-likeness (QED) is 0.673. The minimum Gasteiger partial charge on any atom is -0.461 e. The average Bonchev–Trinajstić information content (AvgIpc) is 3.07. The van der Waals surface area contributed by atoms with Crippen LogP contribution >= 0.6 is 11.3 Å². The number of aromatic nitrogens is 3. The summed E-state index contributed by atoms with van der Waals surface area (Å²) in [5.74, 6) is -0.838. The van der Waals surface area contributed by atoms with Crippen LogP contribution in [0.25, 0.3) is 10.7 Å². The first-order valence-electron chi connectivity index (χ1n) is 6.86. The van der Waals surface area contributed by atoms with Crippen molar-refractivity contribution in [3.63, 3.8) is 0 Å². The Kier molecular flexibility index (Phi) is 4.68. The predicted octanol–water partition coefficient (Wildman–Crippen LogP) is 3.14. The molecule has 0 radical (unpaired) electrons. The van der Waals surface area contributed by atoms with Gasteiger partial charge in [-0.3, -0.25) is 9.97 Å². The van der Waals surface area contributed by atoms with Gasteiger partial charge in [-0.2, -0.15) is 0 Å². The molecule has 0 N–H and O–H groups in total. The van der Waals surface area contributed by atoms with Crippen molar-refractivity contribution in [3.05, 3.63) is 65.3 Å². The third-order valence-electron chi connectivity index (χ3n) is 3.06. The highest BCUT2D eigenvalue weighted by molar-refractivity contribution is 7.13. The lowest BCUT2D eigenvalue weighted by Gasteiger charge is -2.04. The van der Waals surface area contributed by atoms with E-state index < -0.39 is 5.97 Å². The Bertz CT molecular complexity index is 808. The number of nitrogens with zero attached hydrogens (tertiary/aromatic N) is 3. The Morgan fingerprint density at radius 1 is 1.26 bits per heavy atom. The van der Waals surface area contributed by atoms with E-state index in [4.69, 9.17) is 4.74 Å². The van der Waals surface area contributed by atoms with Crippen molar-refractivity contribution in [2.75, 3.05) is 6.61 Å². The van der Waals surface area contributed by atoms with Gasteiger partial charge in [-0.25, -0.2) is 14.2 Å². The summed E-state index contributed by atoms with van der Waals surface area (Å²) in [5.41, 5.74) is 1.32. The van der Waals surface area contributed by atoms with Crippen molar-refractivity contribution in [1.82, 2.24) is 15.0 Å². The monoisotopic (exact) mass is 329 g/mol. The van der Waals surface area contributed by atoms with Gasteiger partial charge in [0.05, 0.1) is 12.8 Å². The van der Waals surface area contributed by atoms with Crippen LogP contribution in [0.4, 0.5) is 4.39 Å². The number of thiazole rings is 1. The van der Waals surface area contributed by atoms with Gasteiger partial charge in [-0.15, -0.1) is 11.3 Å². The summed E-state index contributed by atoms with van der Waals surface area (Å²) in [6.45, 7) is 0.0950. The van der Waals surface area contributed by atoms with Gasteiger partial charge in [-0.05, 0) is 11.6 Å². The van der Waals surface area contributed by atoms with Crippen LogP contribution in [0.1, 0.15) is 16.1 Å².